The number of hydrogen-bond acceptors (Lipinski definition) is 3. The molecule has 2 fully saturated rings. The molecule has 2 atom stereocenters. The number of carboxylic acids is 1. The lowest BCUT2D eigenvalue weighted by Gasteiger charge is -2.51. The smallest absolute Gasteiger partial charge is 0.305 e. The van der Waals surface area contributed by atoms with Crippen molar-refractivity contribution >= 4 is 5.97 Å². The van der Waals surface area contributed by atoms with Crippen molar-refractivity contribution in [2.24, 2.45) is 11.8 Å². The molecule has 4 nitrogen and oxygen atoms in total. The predicted octanol–water partition coefficient (Wildman–Crippen LogP) is 2.29. The molecule has 2 rings (SSSR count). The largest absolute Gasteiger partial charge is 0.481 e. The first-order chi connectivity index (χ1) is 9.43. The van der Waals surface area contributed by atoms with E-state index in [4.69, 9.17) is 0 Å². The molecule has 2 aliphatic rings. The summed E-state index contributed by atoms with van der Waals surface area (Å²) >= 11 is 0. The van der Waals surface area contributed by atoms with Crippen molar-refractivity contribution < 1.29 is 9.90 Å². The second kappa shape index (κ2) is 6.44. The van der Waals surface area contributed by atoms with Crippen LogP contribution in [0, 0.1) is 11.8 Å². The Balaban J connectivity index is 2.14. The van der Waals surface area contributed by atoms with E-state index in [2.05, 4.69) is 30.7 Å². The summed E-state index contributed by atoms with van der Waals surface area (Å²) in [5.41, 5.74) is -0.0831. The number of aliphatic carboxylic acids is 1. The molecule has 0 aromatic carbocycles. The fourth-order valence-corrected chi connectivity index (χ4v) is 4.08. The summed E-state index contributed by atoms with van der Waals surface area (Å²) in [7, 11) is 2.15. The number of hydrogen-bond donors (Lipinski definition) is 1. The predicted molar refractivity (Wildman–Crippen MR) is 80.8 cm³/mol. The Kier molecular flexibility index (Phi) is 5.08. The van der Waals surface area contributed by atoms with E-state index in [1.807, 2.05) is 0 Å². The summed E-state index contributed by atoms with van der Waals surface area (Å²) < 4.78 is 0. The van der Waals surface area contributed by atoms with Gasteiger partial charge in [-0.3, -0.25) is 9.69 Å². The zero-order valence-corrected chi connectivity index (χ0v) is 13.3. The van der Waals surface area contributed by atoms with Crippen molar-refractivity contribution in [3.8, 4) is 0 Å². The van der Waals surface area contributed by atoms with Gasteiger partial charge in [0.2, 0.25) is 0 Å². The first-order valence-electron chi connectivity index (χ1n) is 8.08. The van der Waals surface area contributed by atoms with Crippen molar-refractivity contribution in [3.05, 3.63) is 0 Å². The molecule has 20 heavy (non-hydrogen) atoms. The van der Waals surface area contributed by atoms with Crippen LogP contribution >= 0.6 is 0 Å². The van der Waals surface area contributed by atoms with Crippen molar-refractivity contribution in [2.45, 2.75) is 51.5 Å². The lowest BCUT2D eigenvalue weighted by molar-refractivity contribution is -0.142. The van der Waals surface area contributed by atoms with Crippen LogP contribution in [0.25, 0.3) is 0 Å². The number of piperazine rings is 1. The number of carbonyl (C=O) groups is 1. The molecule has 0 amide bonds. The minimum absolute atomic E-state index is 0.0831. The van der Waals surface area contributed by atoms with Gasteiger partial charge in [0.05, 0.1) is 6.42 Å². The van der Waals surface area contributed by atoms with Gasteiger partial charge >= 0.3 is 5.97 Å². The molecule has 1 aliphatic carbocycles. The quantitative estimate of drug-likeness (QED) is 0.859. The van der Waals surface area contributed by atoms with Gasteiger partial charge in [-0.15, -0.1) is 0 Å². The Bertz CT molecular complexity index is 337. The molecule has 1 saturated heterocycles. The third-order valence-electron chi connectivity index (χ3n) is 5.46. The highest BCUT2D eigenvalue weighted by Crippen LogP contribution is 2.42. The van der Waals surface area contributed by atoms with Gasteiger partial charge < -0.3 is 10.0 Å². The van der Waals surface area contributed by atoms with Gasteiger partial charge in [-0.1, -0.05) is 26.7 Å². The average Bonchev–Trinajstić information content (AvgIpc) is 2.38. The molecule has 0 spiro atoms. The summed E-state index contributed by atoms with van der Waals surface area (Å²) in [4.78, 5) is 16.3. The lowest BCUT2D eigenvalue weighted by atomic mass is 9.69. The first-order valence-corrected chi connectivity index (χ1v) is 8.08. The van der Waals surface area contributed by atoms with E-state index in [1.54, 1.807) is 0 Å². The van der Waals surface area contributed by atoms with Crippen LogP contribution in [0.2, 0.25) is 0 Å². The summed E-state index contributed by atoms with van der Waals surface area (Å²) in [6, 6.07) is 0. The van der Waals surface area contributed by atoms with E-state index in [9.17, 15) is 9.90 Å². The molecule has 0 aromatic heterocycles. The van der Waals surface area contributed by atoms with Crippen molar-refractivity contribution in [3.63, 3.8) is 0 Å². The Morgan fingerprint density at radius 2 is 1.95 bits per heavy atom. The molecule has 1 saturated carbocycles. The highest BCUT2D eigenvalue weighted by Gasteiger charge is 2.43. The topological polar surface area (TPSA) is 43.8 Å². The van der Waals surface area contributed by atoms with Crippen molar-refractivity contribution in [1.29, 1.82) is 0 Å². The Labute approximate surface area is 123 Å². The summed E-state index contributed by atoms with van der Waals surface area (Å²) in [6.07, 6.45) is 4.90. The second-order valence-corrected chi connectivity index (χ2v) is 7.19. The average molecular weight is 282 g/mol. The zero-order valence-electron chi connectivity index (χ0n) is 13.3. The normalized spacial score (nSPS) is 33.5. The minimum Gasteiger partial charge on any atom is -0.481 e. The number of carboxylic acid groups (broad SMARTS) is 1. The van der Waals surface area contributed by atoms with E-state index in [0.717, 1.165) is 39.0 Å². The van der Waals surface area contributed by atoms with Crippen molar-refractivity contribution in [1.82, 2.24) is 9.80 Å². The molecule has 4 heteroatoms. The Morgan fingerprint density at radius 1 is 1.30 bits per heavy atom. The van der Waals surface area contributed by atoms with E-state index < -0.39 is 5.97 Å². The van der Waals surface area contributed by atoms with Gasteiger partial charge in [0, 0.05) is 31.7 Å². The molecule has 1 heterocycles. The van der Waals surface area contributed by atoms with Crippen molar-refractivity contribution in [2.75, 3.05) is 33.2 Å². The molecule has 0 bridgehead atoms. The van der Waals surface area contributed by atoms with E-state index in [-0.39, 0.29) is 5.54 Å². The van der Waals surface area contributed by atoms with Crippen LogP contribution in [0.5, 0.6) is 0 Å². The van der Waals surface area contributed by atoms with Gasteiger partial charge in [-0.25, -0.2) is 0 Å². The van der Waals surface area contributed by atoms with Gasteiger partial charge in [0.1, 0.15) is 0 Å². The van der Waals surface area contributed by atoms with Crippen LogP contribution in [0.3, 0.4) is 0 Å². The molecule has 0 aromatic rings. The number of rotatable bonds is 4. The van der Waals surface area contributed by atoms with Gasteiger partial charge in [-0.05, 0) is 31.7 Å². The molecule has 1 aliphatic heterocycles. The summed E-state index contributed by atoms with van der Waals surface area (Å²) in [6.45, 7) is 8.74. The molecule has 116 valence electrons. The molecule has 0 radical (unpaired) electrons. The second-order valence-electron chi connectivity index (χ2n) is 7.19. The summed E-state index contributed by atoms with van der Waals surface area (Å²) in [5, 5.41) is 9.40. The van der Waals surface area contributed by atoms with Crippen LogP contribution in [-0.4, -0.2) is 59.6 Å². The highest BCUT2D eigenvalue weighted by molar-refractivity contribution is 5.68. The van der Waals surface area contributed by atoms with E-state index in [0.29, 0.717) is 18.3 Å². The maximum Gasteiger partial charge on any atom is 0.305 e. The third-order valence-corrected chi connectivity index (χ3v) is 5.46. The van der Waals surface area contributed by atoms with E-state index in [1.165, 1.54) is 12.8 Å². The highest BCUT2D eigenvalue weighted by atomic mass is 16.4. The van der Waals surface area contributed by atoms with Crippen LogP contribution in [-0.2, 0) is 4.79 Å². The maximum atomic E-state index is 11.4. The molecule has 2 unspecified atom stereocenters. The fourth-order valence-electron chi connectivity index (χ4n) is 4.08. The first kappa shape index (κ1) is 15.8. The van der Waals surface area contributed by atoms with Gasteiger partial charge in [-0.2, -0.15) is 0 Å². The maximum absolute atomic E-state index is 11.4. The third kappa shape index (κ3) is 3.53. The molecular formula is C16H30N2O2. The van der Waals surface area contributed by atoms with Gasteiger partial charge in [0.15, 0.2) is 0 Å². The SMILES string of the molecule is CC(C)C1CCCC(CC(=O)O)(N2CCN(C)CC2)C1. The molecule has 1 N–H and O–H groups in total. The molecular weight excluding hydrogens is 252 g/mol. The lowest BCUT2D eigenvalue weighted by Crippen LogP contribution is -2.59. The van der Waals surface area contributed by atoms with Crippen LogP contribution in [0.15, 0.2) is 0 Å². The summed E-state index contributed by atoms with van der Waals surface area (Å²) in [5.74, 6) is 0.715. The number of nitrogens with zero attached hydrogens (tertiary/aromatic N) is 2. The zero-order chi connectivity index (χ0) is 14.8. The minimum atomic E-state index is -0.631. The van der Waals surface area contributed by atoms with Crippen LogP contribution in [0.4, 0.5) is 0 Å². The van der Waals surface area contributed by atoms with Crippen LogP contribution in [0.1, 0.15) is 46.0 Å². The van der Waals surface area contributed by atoms with E-state index >= 15 is 0 Å². The van der Waals surface area contributed by atoms with Gasteiger partial charge in [0.25, 0.3) is 0 Å². The number of likely N-dealkylation sites (N-methyl/N-ethyl adjacent to an activating group) is 1. The Morgan fingerprint density at radius 3 is 2.50 bits per heavy atom. The monoisotopic (exact) mass is 282 g/mol. The van der Waals surface area contributed by atoms with Crippen LogP contribution < -0.4 is 0 Å². The fraction of sp³-hybridized carbons (Fsp3) is 0.938. The Hall–Kier alpha value is -0.610. The standard InChI is InChI=1S/C16H30N2O2/c1-13(2)14-5-4-6-16(11-14,12-15(19)20)18-9-7-17(3)8-10-18/h13-14H,4-12H2,1-3H3,(H,19,20).